The smallest absolute Gasteiger partial charge is 0.220 e. The van der Waals surface area contributed by atoms with Crippen LogP contribution in [0.5, 0.6) is 0 Å². The molecule has 5 heteroatoms. The summed E-state index contributed by atoms with van der Waals surface area (Å²) < 4.78 is 4.79. The first-order chi connectivity index (χ1) is 9.52. The van der Waals surface area contributed by atoms with Crippen LogP contribution in [0.2, 0.25) is 0 Å². The number of anilines is 1. The summed E-state index contributed by atoms with van der Waals surface area (Å²) in [4.78, 5) is 13.7. The van der Waals surface area contributed by atoms with Crippen LogP contribution in [0.15, 0.2) is 24.3 Å². The molecule has 1 aromatic rings. The lowest BCUT2D eigenvalue weighted by molar-refractivity contribution is -0.121. The number of methoxy groups -OCH3 is 1. The number of benzene rings is 1. The summed E-state index contributed by atoms with van der Waals surface area (Å²) in [7, 11) is 5.50. The Labute approximate surface area is 120 Å². The third kappa shape index (κ3) is 6.04. The standard InChI is InChI=1S/C15H24N2O3/c1-17(2)13-7-4-12(5-8-13)6-9-15(19)16-10-14(18)11-20-3/h4-5,7-8,14,18H,6,9-11H2,1-3H3,(H,16,19). The van der Waals surface area contributed by atoms with Gasteiger partial charge in [0, 0.05) is 39.9 Å². The molecule has 1 unspecified atom stereocenters. The average Bonchev–Trinajstić information content (AvgIpc) is 2.43. The quantitative estimate of drug-likeness (QED) is 0.740. The molecule has 112 valence electrons. The van der Waals surface area contributed by atoms with Crippen LogP contribution in [0.25, 0.3) is 0 Å². The summed E-state index contributed by atoms with van der Waals surface area (Å²) >= 11 is 0. The fraction of sp³-hybridized carbons (Fsp3) is 0.533. The first-order valence-electron chi connectivity index (χ1n) is 6.73. The summed E-state index contributed by atoms with van der Waals surface area (Å²) in [6, 6.07) is 8.13. The number of aryl methyl sites for hydroxylation is 1. The van der Waals surface area contributed by atoms with Crippen molar-refractivity contribution in [3.8, 4) is 0 Å². The van der Waals surface area contributed by atoms with Gasteiger partial charge in [0.1, 0.15) is 0 Å². The van der Waals surface area contributed by atoms with E-state index in [1.54, 1.807) is 0 Å². The summed E-state index contributed by atoms with van der Waals surface area (Å²) in [5, 5.41) is 12.1. The Morgan fingerprint density at radius 3 is 2.55 bits per heavy atom. The second-order valence-electron chi connectivity index (χ2n) is 4.97. The van der Waals surface area contributed by atoms with Crippen LogP contribution in [0.4, 0.5) is 5.69 Å². The molecule has 20 heavy (non-hydrogen) atoms. The van der Waals surface area contributed by atoms with Gasteiger partial charge in [-0.15, -0.1) is 0 Å². The number of hydrogen-bond acceptors (Lipinski definition) is 4. The van der Waals surface area contributed by atoms with Crippen molar-refractivity contribution in [3.05, 3.63) is 29.8 Å². The number of nitrogens with one attached hydrogen (secondary N) is 1. The van der Waals surface area contributed by atoms with Gasteiger partial charge in [0.25, 0.3) is 0 Å². The Morgan fingerprint density at radius 2 is 2.00 bits per heavy atom. The number of amides is 1. The first kappa shape index (κ1) is 16.5. The lowest BCUT2D eigenvalue weighted by atomic mass is 10.1. The van der Waals surface area contributed by atoms with Crippen molar-refractivity contribution in [2.75, 3.05) is 39.3 Å². The van der Waals surface area contributed by atoms with Crippen molar-refractivity contribution in [3.63, 3.8) is 0 Å². The van der Waals surface area contributed by atoms with Crippen LogP contribution in [0.1, 0.15) is 12.0 Å². The van der Waals surface area contributed by atoms with Crippen molar-refractivity contribution < 1.29 is 14.6 Å². The van der Waals surface area contributed by atoms with Gasteiger partial charge >= 0.3 is 0 Å². The third-order valence-corrected chi connectivity index (χ3v) is 2.99. The molecular formula is C15H24N2O3. The summed E-state index contributed by atoms with van der Waals surface area (Å²) in [5.41, 5.74) is 2.27. The zero-order valence-corrected chi connectivity index (χ0v) is 12.4. The SMILES string of the molecule is COCC(O)CNC(=O)CCc1ccc(N(C)C)cc1. The molecule has 1 aromatic carbocycles. The maximum absolute atomic E-state index is 11.6. The lowest BCUT2D eigenvalue weighted by Crippen LogP contribution is -2.34. The Kier molecular flexibility index (Phi) is 7.04. The minimum atomic E-state index is -0.650. The van der Waals surface area contributed by atoms with Gasteiger partial charge in [0.15, 0.2) is 0 Å². The minimum absolute atomic E-state index is 0.0585. The zero-order chi connectivity index (χ0) is 15.0. The Morgan fingerprint density at radius 1 is 1.35 bits per heavy atom. The van der Waals surface area contributed by atoms with Crippen LogP contribution in [0, 0.1) is 0 Å². The fourth-order valence-corrected chi connectivity index (χ4v) is 1.79. The molecule has 0 saturated carbocycles. The fourth-order valence-electron chi connectivity index (χ4n) is 1.79. The van der Waals surface area contributed by atoms with E-state index in [0.29, 0.717) is 12.8 Å². The van der Waals surface area contributed by atoms with E-state index in [4.69, 9.17) is 4.74 Å². The molecule has 0 bridgehead atoms. The van der Waals surface area contributed by atoms with Crippen LogP contribution in [-0.2, 0) is 16.0 Å². The van der Waals surface area contributed by atoms with E-state index >= 15 is 0 Å². The van der Waals surface area contributed by atoms with Crippen molar-refractivity contribution in [1.29, 1.82) is 0 Å². The highest BCUT2D eigenvalue weighted by Crippen LogP contribution is 2.13. The molecule has 0 radical (unpaired) electrons. The number of nitrogens with zero attached hydrogens (tertiary/aromatic N) is 1. The molecule has 0 aliphatic rings. The number of carbonyl (C=O) groups is 1. The molecule has 1 amide bonds. The highest BCUT2D eigenvalue weighted by molar-refractivity contribution is 5.76. The van der Waals surface area contributed by atoms with E-state index in [0.717, 1.165) is 11.3 Å². The molecular weight excluding hydrogens is 256 g/mol. The number of carbonyl (C=O) groups excluding carboxylic acids is 1. The third-order valence-electron chi connectivity index (χ3n) is 2.99. The zero-order valence-electron chi connectivity index (χ0n) is 12.4. The largest absolute Gasteiger partial charge is 0.389 e. The molecule has 1 atom stereocenters. The maximum Gasteiger partial charge on any atom is 0.220 e. The van der Waals surface area contributed by atoms with E-state index in [9.17, 15) is 9.90 Å². The van der Waals surface area contributed by atoms with E-state index in [-0.39, 0.29) is 19.1 Å². The normalized spacial score (nSPS) is 12.0. The van der Waals surface area contributed by atoms with Crippen molar-refractivity contribution >= 4 is 11.6 Å². The van der Waals surface area contributed by atoms with Crippen LogP contribution >= 0.6 is 0 Å². The van der Waals surface area contributed by atoms with Gasteiger partial charge in [-0.25, -0.2) is 0 Å². The molecule has 0 spiro atoms. The number of ether oxygens (including phenoxy) is 1. The molecule has 0 aliphatic heterocycles. The summed E-state index contributed by atoms with van der Waals surface area (Å²) in [5.74, 6) is -0.0585. The maximum atomic E-state index is 11.6. The monoisotopic (exact) mass is 280 g/mol. The number of hydrogen-bond donors (Lipinski definition) is 2. The summed E-state index contributed by atoms with van der Waals surface area (Å²) in [6.45, 7) is 0.457. The molecule has 5 nitrogen and oxygen atoms in total. The van der Waals surface area contributed by atoms with E-state index in [1.807, 2.05) is 43.3 Å². The van der Waals surface area contributed by atoms with Crippen molar-refractivity contribution in [1.82, 2.24) is 5.32 Å². The average molecular weight is 280 g/mol. The van der Waals surface area contributed by atoms with Gasteiger partial charge in [-0.1, -0.05) is 12.1 Å². The Balaban J connectivity index is 2.30. The van der Waals surface area contributed by atoms with E-state index in [2.05, 4.69) is 5.32 Å². The second kappa shape index (κ2) is 8.55. The number of rotatable bonds is 8. The topological polar surface area (TPSA) is 61.8 Å². The van der Waals surface area contributed by atoms with Crippen LogP contribution in [-0.4, -0.2) is 51.5 Å². The molecule has 1 rings (SSSR count). The highest BCUT2D eigenvalue weighted by Gasteiger charge is 2.07. The van der Waals surface area contributed by atoms with Gasteiger partial charge in [-0.2, -0.15) is 0 Å². The Bertz CT molecular complexity index is 404. The van der Waals surface area contributed by atoms with Gasteiger partial charge in [-0.05, 0) is 24.1 Å². The first-order valence-corrected chi connectivity index (χ1v) is 6.73. The van der Waals surface area contributed by atoms with Gasteiger partial charge in [-0.3, -0.25) is 4.79 Å². The molecule has 0 aromatic heterocycles. The second-order valence-corrected chi connectivity index (χ2v) is 4.97. The molecule has 0 heterocycles. The van der Waals surface area contributed by atoms with E-state index < -0.39 is 6.10 Å². The van der Waals surface area contributed by atoms with Gasteiger partial charge in [0.05, 0.1) is 12.7 Å². The van der Waals surface area contributed by atoms with Gasteiger partial charge < -0.3 is 20.1 Å². The van der Waals surface area contributed by atoms with E-state index in [1.165, 1.54) is 7.11 Å². The minimum Gasteiger partial charge on any atom is -0.389 e. The van der Waals surface area contributed by atoms with Crippen molar-refractivity contribution in [2.45, 2.75) is 18.9 Å². The van der Waals surface area contributed by atoms with Crippen LogP contribution < -0.4 is 10.2 Å². The molecule has 0 fully saturated rings. The predicted molar refractivity (Wildman–Crippen MR) is 80.0 cm³/mol. The van der Waals surface area contributed by atoms with Crippen LogP contribution in [0.3, 0.4) is 0 Å². The predicted octanol–water partition coefficient (Wildman–Crippen LogP) is 0.809. The number of aliphatic hydroxyl groups is 1. The summed E-state index contributed by atoms with van der Waals surface area (Å²) in [6.07, 6.45) is 0.462. The molecule has 0 aliphatic carbocycles. The molecule has 2 N–H and O–H groups in total. The molecule has 0 saturated heterocycles. The van der Waals surface area contributed by atoms with Gasteiger partial charge in [0.2, 0.25) is 5.91 Å². The highest BCUT2D eigenvalue weighted by atomic mass is 16.5. The lowest BCUT2D eigenvalue weighted by Gasteiger charge is -2.13. The van der Waals surface area contributed by atoms with Crippen molar-refractivity contribution in [2.24, 2.45) is 0 Å². The Hall–Kier alpha value is -1.59. The number of aliphatic hydroxyl groups excluding tert-OH is 1.